The van der Waals surface area contributed by atoms with Crippen LogP contribution in [0.4, 0.5) is 5.82 Å². The summed E-state index contributed by atoms with van der Waals surface area (Å²) >= 11 is 0. The molecule has 4 rings (SSSR count). The molecular weight excluding hydrogens is 362 g/mol. The molecule has 2 atom stereocenters. The first-order valence-electron chi connectivity index (χ1n) is 10.2. The Bertz CT molecular complexity index is 1000. The molecule has 150 valence electrons. The number of ether oxygens (including phenoxy) is 1. The van der Waals surface area contributed by atoms with E-state index in [-0.39, 0.29) is 17.9 Å². The van der Waals surface area contributed by atoms with Gasteiger partial charge in [0.15, 0.2) is 0 Å². The molecule has 0 saturated carbocycles. The molecule has 1 aromatic heterocycles. The van der Waals surface area contributed by atoms with Crippen LogP contribution in [0.2, 0.25) is 0 Å². The Morgan fingerprint density at radius 3 is 2.72 bits per heavy atom. The van der Waals surface area contributed by atoms with Crippen molar-refractivity contribution in [3.63, 3.8) is 0 Å². The second-order valence-electron chi connectivity index (χ2n) is 7.50. The Kier molecular flexibility index (Phi) is 5.14. The molecule has 5 nitrogen and oxygen atoms in total. The Hall–Kier alpha value is -3.08. The summed E-state index contributed by atoms with van der Waals surface area (Å²) in [6.45, 7) is 7.48. The molecule has 2 aromatic rings. The Labute approximate surface area is 172 Å². The second-order valence-corrected chi connectivity index (χ2v) is 7.50. The number of anilines is 1. The molecule has 2 unspecified atom stereocenters. The third-order valence-corrected chi connectivity index (χ3v) is 5.81. The molecule has 0 radical (unpaired) electrons. The monoisotopic (exact) mass is 389 g/mol. The maximum absolute atomic E-state index is 12.9. The highest BCUT2D eigenvalue weighted by Gasteiger charge is 2.40. The number of fused-ring (bicyclic) bond motifs is 3. The molecule has 1 aliphatic carbocycles. The van der Waals surface area contributed by atoms with Gasteiger partial charge < -0.3 is 15.0 Å². The molecule has 1 aromatic carbocycles. The molecule has 1 amide bonds. The molecule has 2 heterocycles. The van der Waals surface area contributed by atoms with Gasteiger partial charge in [0.2, 0.25) is 0 Å². The zero-order chi connectivity index (χ0) is 20.5. The summed E-state index contributed by atoms with van der Waals surface area (Å²) in [5, 5.41) is 3.52. The third kappa shape index (κ3) is 3.31. The number of rotatable bonds is 5. The van der Waals surface area contributed by atoms with E-state index in [1.54, 1.807) is 7.11 Å². The molecule has 2 aliphatic rings. The Balaban J connectivity index is 1.78. The van der Waals surface area contributed by atoms with Gasteiger partial charge in [-0.1, -0.05) is 24.3 Å². The van der Waals surface area contributed by atoms with E-state index in [1.807, 2.05) is 49.2 Å². The van der Waals surface area contributed by atoms with Gasteiger partial charge >= 0.3 is 0 Å². The van der Waals surface area contributed by atoms with Crippen molar-refractivity contribution in [1.29, 1.82) is 0 Å². The van der Waals surface area contributed by atoms with E-state index in [0.717, 1.165) is 28.3 Å². The molecule has 5 heteroatoms. The minimum atomic E-state index is 0.00596. The van der Waals surface area contributed by atoms with Crippen LogP contribution in [-0.2, 0) is 4.74 Å². The Morgan fingerprint density at radius 2 is 2.00 bits per heavy atom. The number of methoxy groups -OCH3 is 1. The number of carbonyl (C=O) groups is 1. The van der Waals surface area contributed by atoms with Gasteiger partial charge in [0, 0.05) is 36.3 Å². The fraction of sp³-hybridized carbons (Fsp3) is 0.333. The van der Waals surface area contributed by atoms with Crippen molar-refractivity contribution in [3.05, 3.63) is 76.7 Å². The maximum Gasteiger partial charge on any atom is 0.253 e. The van der Waals surface area contributed by atoms with Gasteiger partial charge in [-0.2, -0.15) is 0 Å². The van der Waals surface area contributed by atoms with Crippen LogP contribution in [0.1, 0.15) is 46.8 Å². The van der Waals surface area contributed by atoms with Crippen LogP contribution in [0.15, 0.2) is 54.4 Å². The highest BCUT2D eigenvalue weighted by molar-refractivity contribution is 5.95. The van der Waals surface area contributed by atoms with Gasteiger partial charge in [-0.15, -0.1) is 0 Å². The number of pyridine rings is 1. The van der Waals surface area contributed by atoms with Crippen molar-refractivity contribution in [2.24, 2.45) is 0 Å². The smallest absolute Gasteiger partial charge is 0.253 e. The molecule has 0 saturated heterocycles. The van der Waals surface area contributed by atoms with Gasteiger partial charge in [-0.3, -0.25) is 4.79 Å². The summed E-state index contributed by atoms with van der Waals surface area (Å²) in [7, 11) is 1.70. The van der Waals surface area contributed by atoms with Crippen LogP contribution in [0.5, 0.6) is 0 Å². The van der Waals surface area contributed by atoms with Crippen LogP contribution in [0.25, 0.3) is 5.57 Å². The van der Waals surface area contributed by atoms with Crippen LogP contribution < -0.4 is 5.32 Å². The lowest BCUT2D eigenvalue weighted by atomic mass is 9.80. The number of carbonyl (C=O) groups excluding carboxylic acids is 1. The lowest BCUT2D eigenvalue weighted by molar-refractivity contribution is 0.0773. The first-order valence-corrected chi connectivity index (χ1v) is 10.2. The number of benzene rings is 1. The molecule has 0 fully saturated rings. The highest BCUT2D eigenvalue weighted by Crippen LogP contribution is 2.48. The fourth-order valence-corrected chi connectivity index (χ4v) is 4.32. The van der Waals surface area contributed by atoms with Crippen molar-refractivity contribution in [2.45, 2.75) is 32.7 Å². The van der Waals surface area contributed by atoms with Crippen LogP contribution >= 0.6 is 0 Å². The lowest BCUT2D eigenvalue weighted by Crippen LogP contribution is -2.30. The van der Waals surface area contributed by atoms with Gasteiger partial charge in [-0.25, -0.2) is 4.98 Å². The van der Waals surface area contributed by atoms with Crippen molar-refractivity contribution in [3.8, 4) is 0 Å². The van der Waals surface area contributed by atoms with Crippen molar-refractivity contribution in [2.75, 3.05) is 25.5 Å². The number of hydrogen-bond acceptors (Lipinski definition) is 4. The van der Waals surface area contributed by atoms with E-state index in [9.17, 15) is 4.79 Å². The maximum atomic E-state index is 12.9. The fourth-order valence-electron chi connectivity index (χ4n) is 4.32. The predicted octanol–water partition coefficient (Wildman–Crippen LogP) is 4.38. The van der Waals surface area contributed by atoms with Gasteiger partial charge in [0.05, 0.1) is 13.2 Å². The van der Waals surface area contributed by atoms with E-state index >= 15 is 0 Å². The molecule has 0 spiro atoms. The molecule has 0 bridgehead atoms. The van der Waals surface area contributed by atoms with E-state index in [1.165, 1.54) is 11.1 Å². The Morgan fingerprint density at radius 1 is 1.21 bits per heavy atom. The lowest BCUT2D eigenvalue weighted by Gasteiger charge is -2.28. The van der Waals surface area contributed by atoms with E-state index in [4.69, 9.17) is 4.74 Å². The SMILES string of the molecule is CCN(CC)C(=O)c1cccc(C2=CC=C(OC)C3Nc4ncc(C)cc4C23)c1. The first-order chi connectivity index (χ1) is 14.1. The van der Waals surface area contributed by atoms with Crippen molar-refractivity contribution < 1.29 is 9.53 Å². The van der Waals surface area contributed by atoms with Crippen LogP contribution in [-0.4, -0.2) is 42.0 Å². The summed E-state index contributed by atoms with van der Waals surface area (Å²) in [4.78, 5) is 19.3. The average Bonchev–Trinajstić information content (AvgIpc) is 3.12. The summed E-state index contributed by atoms with van der Waals surface area (Å²) < 4.78 is 5.64. The summed E-state index contributed by atoms with van der Waals surface area (Å²) in [5.41, 5.74) is 5.25. The van der Waals surface area contributed by atoms with E-state index in [2.05, 4.69) is 35.4 Å². The first kappa shape index (κ1) is 19.2. The summed E-state index contributed by atoms with van der Waals surface area (Å²) in [6, 6.07) is 10.2. The number of aromatic nitrogens is 1. The molecular formula is C24H27N3O2. The summed E-state index contributed by atoms with van der Waals surface area (Å²) in [5.74, 6) is 1.96. The van der Waals surface area contributed by atoms with Crippen LogP contribution in [0, 0.1) is 6.92 Å². The summed E-state index contributed by atoms with van der Waals surface area (Å²) in [6.07, 6.45) is 6.01. The largest absolute Gasteiger partial charge is 0.499 e. The third-order valence-electron chi connectivity index (χ3n) is 5.81. The van der Waals surface area contributed by atoms with E-state index in [0.29, 0.717) is 13.1 Å². The number of allylic oxidation sites excluding steroid dienone is 2. The normalized spacial score (nSPS) is 19.4. The number of nitrogens with one attached hydrogen (secondary N) is 1. The number of hydrogen-bond donors (Lipinski definition) is 1. The zero-order valence-electron chi connectivity index (χ0n) is 17.4. The second kappa shape index (κ2) is 7.74. The van der Waals surface area contributed by atoms with Gasteiger partial charge in [0.25, 0.3) is 5.91 Å². The number of amides is 1. The quantitative estimate of drug-likeness (QED) is 0.825. The molecule has 1 aliphatic heterocycles. The van der Waals surface area contributed by atoms with E-state index < -0.39 is 0 Å². The highest BCUT2D eigenvalue weighted by atomic mass is 16.5. The topological polar surface area (TPSA) is 54.5 Å². The standard InChI is InChI=1S/C24H27N3O2/c1-5-27(6-2)24(28)17-9-7-8-16(13-17)18-10-11-20(29-4)22-21(18)19-12-15(3)14-25-23(19)26-22/h7-14,21-22H,5-6H2,1-4H3,(H,25,26). The zero-order valence-corrected chi connectivity index (χ0v) is 17.4. The average molecular weight is 389 g/mol. The van der Waals surface area contributed by atoms with Crippen molar-refractivity contribution in [1.82, 2.24) is 9.88 Å². The number of nitrogens with zero attached hydrogens (tertiary/aromatic N) is 2. The minimum absolute atomic E-state index is 0.00596. The molecule has 29 heavy (non-hydrogen) atoms. The number of aryl methyl sites for hydroxylation is 1. The minimum Gasteiger partial charge on any atom is -0.499 e. The molecule has 1 N–H and O–H groups in total. The van der Waals surface area contributed by atoms with Gasteiger partial charge in [-0.05, 0) is 55.7 Å². The van der Waals surface area contributed by atoms with Crippen LogP contribution in [0.3, 0.4) is 0 Å². The van der Waals surface area contributed by atoms with Crippen molar-refractivity contribution >= 4 is 17.3 Å². The predicted molar refractivity (Wildman–Crippen MR) is 116 cm³/mol. The van der Waals surface area contributed by atoms with Gasteiger partial charge in [0.1, 0.15) is 11.6 Å².